The Morgan fingerprint density at radius 1 is 1.20 bits per heavy atom. The van der Waals surface area contributed by atoms with Crippen molar-refractivity contribution in [3.63, 3.8) is 0 Å². The molecule has 0 atom stereocenters. The van der Waals surface area contributed by atoms with E-state index < -0.39 is 5.60 Å². The molecule has 0 saturated carbocycles. The van der Waals surface area contributed by atoms with Crippen LogP contribution in [0.1, 0.15) is 25.3 Å². The standard InChI is InChI=1S/C13H18NO/c1-2-14-10-8-13(15,9-11-14)12-6-4-3-5-7-12/h2-7,15H,8-11H2,1H3. The summed E-state index contributed by atoms with van der Waals surface area (Å²) in [4.78, 5) is 2.26. The van der Waals surface area contributed by atoms with Gasteiger partial charge in [0.2, 0.25) is 0 Å². The molecule has 81 valence electrons. The molecule has 0 amide bonds. The second-order valence-corrected chi connectivity index (χ2v) is 4.19. The van der Waals surface area contributed by atoms with Crippen molar-refractivity contribution in [3.8, 4) is 0 Å². The van der Waals surface area contributed by atoms with Gasteiger partial charge in [0, 0.05) is 19.6 Å². The number of nitrogens with zero attached hydrogens (tertiary/aromatic N) is 1. The average Bonchev–Trinajstić information content (AvgIpc) is 2.31. The third-order valence-corrected chi connectivity index (χ3v) is 3.30. The molecule has 1 saturated heterocycles. The lowest BCUT2D eigenvalue weighted by Crippen LogP contribution is -2.41. The molecule has 1 aromatic carbocycles. The minimum atomic E-state index is -0.610. The molecule has 1 aromatic rings. The lowest BCUT2D eigenvalue weighted by Gasteiger charge is -2.37. The van der Waals surface area contributed by atoms with Crippen LogP contribution in [0.15, 0.2) is 30.3 Å². The van der Waals surface area contributed by atoms with Crippen molar-refractivity contribution in [1.29, 1.82) is 0 Å². The minimum Gasteiger partial charge on any atom is -0.385 e. The predicted molar refractivity (Wildman–Crippen MR) is 61.1 cm³/mol. The van der Waals surface area contributed by atoms with Crippen LogP contribution in [0.2, 0.25) is 0 Å². The Morgan fingerprint density at radius 3 is 2.33 bits per heavy atom. The Hall–Kier alpha value is -0.860. The number of piperidine rings is 1. The lowest BCUT2D eigenvalue weighted by atomic mass is 9.84. The number of rotatable bonds is 2. The molecular weight excluding hydrogens is 186 g/mol. The first-order valence-corrected chi connectivity index (χ1v) is 5.56. The van der Waals surface area contributed by atoms with E-state index in [0.717, 1.165) is 31.5 Å². The third-order valence-electron chi connectivity index (χ3n) is 3.30. The third kappa shape index (κ3) is 2.21. The molecule has 0 unspecified atom stereocenters. The molecule has 2 nitrogen and oxygen atoms in total. The number of likely N-dealkylation sites (tertiary alicyclic amines) is 1. The van der Waals surface area contributed by atoms with Crippen LogP contribution in [-0.4, -0.2) is 23.1 Å². The molecule has 1 aliphatic heterocycles. The van der Waals surface area contributed by atoms with Gasteiger partial charge in [0.25, 0.3) is 0 Å². The molecule has 0 aliphatic carbocycles. The summed E-state index contributed by atoms with van der Waals surface area (Å²) in [6, 6.07) is 10.0. The van der Waals surface area contributed by atoms with Crippen LogP contribution in [0.25, 0.3) is 0 Å². The molecule has 1 N–H and O–H groups in total. The van der Waals surface area contributed by atoms with Gasteiger partial charge in [-0.15, -0.1) is 0 Å². The smallest absolute Gasteiger partial charge is 0.0920 e. The first-order chi connectivity index (χ1) is 7.24. The van der Waals surface area contributed by atoms with Gasteiger partial charge < -0.3 is 5.11 Å². The minimum absolute atomic E-state index is 0.610. The van der Waals surface area contributed by atoms with Gasteiger partial charge >= 0.3 is 0 Å². The maximum Gasteiger partial charge on any atom is 0.0920 e. The number of hydrogen-bond acceptors (Lipinski definition) is 2. The summed E-state index contributed by atoms with van der Waals surface area (Å²) in [6.07, 6.45) is 1.64. The van der Waals surface area contributed by atoms with Gasteiger partial charge in [0.1, 0.15) is 0 Å². The molecule has 0 spiro atoms. The van der Waals surface area contributed by atoms with E-state index in [0.29, 0.717) is 0 Å². The van der Waals surface area contributed by atoms with Crippen LogP contribution in [0.5, 0.6) is 0 Å². The van der Waals surface area contributed by atoms with Crippen molar-refractivity contribution < 1.29 is 5.11 Å². The number of benzene rings is 1. The van der Waals surface area contributed by atoms with Gasteiger partial charge in [0.15, 0.2) is 0 Å². The molecule has 1 heterocycles. The van der Waals surface area contributed by atoms with Crippen LogP contribution in [0, 0.1) is 6.54 Å². The Bertz CT molecular complexity index is 302. The van der Waals surface area contributed by atoms with Crippen LogP contribution >= 0.6 is 0 Å². The number of hydrogen-bond donors (Lipinski definition) is 1. The summed E-state index contributed by atoms with van der Waals surface area (Å²) < 4.78 is 0. The summed E-state index contributed by atoms with van der Waals surface area (Å²) >= 11 is 0. The fraction of sp³-hybridized carbons (Fsp3) is 0.462. The fourth-order valence-electron chi connectivity index (χ4n) is 2.19. The van der Waals surface area contributed by atoms with Gasteiger partial charge in [-0.25, -0.2) is 0 Å². The highest BCUT2D eigenvalue weighted by molar-refractivity contribution is 5.22. The topological polar surface area (TPSA) is 23.5 Å². The van der Waals surface area contributed by atoms with E-state index in [1.54, 1.807) is 0 Å². The summed E-state index contributed by atoms with van der Waals surface area (Å²) in [7, 11) is 0. The zero-order chi connectivity index (χ0) is 10.7. The van der Waals surface area contributed by atoms with Gasteiger partial charge in [-0.3, -0.25) is 4.90 Å². The average molecular weight is 204 g/mol. The van der Waals surface area contributed by atoms with Crippen molar-refractivity contribution in [2.24, 2.45) is 0 Å². The summed E-state index contributed by atoms with van der Waals surface area (Å²) in [6.45, 7) is 6.04. The highest BCUT2D eigenvalue weighted by Gasteiger charge is 2.33. The Balaban J connectivity index is 2.10. The summed E-state index contributed by atoms with van der Waals surface area (Å²) in [5.74, 6) is 0. The Labute approximate surface area is 91.5 Å². The highest BCUT2D eigenvalue weighted by atomic mass is 16.3. The van der Waals surface area contributed by atoms with E-state index in [-0.39, 0.29) is 0 Å². The largest absolute Gasteiger partial charge is 0.385 e. The lowest BCUT2D eigenvalue weighted by molar-refractivity contribution is -0.0194. The quantitative estimate of drug-likeness (QED) is 0.798. The van der Waals surface area contributed by atoms with Crippen LogP contribution < -0.4 is 0 Å². The fourth-order valence-corrected chi connectivity index (χ4v) is 2.19. The van der Waals surface area contributed by atoms with E-state index >= 15 is 0 Å². The van der Waals surface area contributed by atoms with Gasteiger partial charge in [-0.05, 0) is 25.3 Å². The first-order valence-electron chi connectivity index (χ1n) is 5.56. The SMILES string of the molecule is C[CH]N1CCC(O)(c2ccccc2)CC1. The molecular formula is C13H18NO. The molecule has 15 heavy (non-hydrogen) atoms. The number of aliphatic hydroxyl groups is 1. The monoisotopic (exact) mass is 204 g/mol. The molecule has 1 radical (unpaired) electrons. The maximum atomic E-state index is 10.5. The van der Waals surface area contributed by atoms with E-state index in [1.165, 1.54) is 0 Å². The molecule has 0 aromatic heterocycles. The van der Waals surface area contributed by atoms with E-state index in [2.05, 4.69) is 11.4 Å². The van der Waals surface area contributed by atoms with Gasteiger partial charge in [-0.1, -0.05) is 30.3 Å². The second kappa shape index (κ2) is 4.33. The maximum absolute atomic E-state index is 10.5. The van der Waals surface area contributed by atoms with E-state index in [4.69, 9.17) is 0 Å². The molecule has 1 fully saturated rings. The Kier molecular flexibility index (Phi) is 3.08. The van der Waals surface area contributed by atoms with Gasteiger partial charge in [-0.2, -0.15) is 0 Å². The van der Waals surface area contributed by atoms with Crippen molar-refractivity contribution in [2.45, 2.75) is 25.4 Å². The van der Waals surface area contributed by atoms with E-state index in [9.17, 15) is 5.11 Å². The van der Waals surface area contributed by atoms with E-state index in [1.807, 2.05) is 37.3 Å². The molecule has 2 heteroatoms. The highest BCUT2D eigenvalue weighted by Crippen LogP contribution is 2.32. The normalized spacial score (nSPS) is 21.5. The van der Waals surface area contributed by atoms with Crippen LogP contribution in [0.4, 0.5) is 0 Å². The summed E-state index contributed by atoms with van der Waals surface area (Å²) in [5, 5.41) is 10.5. The van der Waals surface area contributed by atoms with Crippen molar-refractivity contribution in [1.82, 2.24) is 4.90 Å². The van der Waals surface area contributed by atoms with Crippen molar-refractivity contribution in [2.75, 3.05) is 13.1 Å². The molecule has 0 bridgehead atoms. The zero-order valence-corrected chi connectivity index (χ0v) is 9.19. The van der Waals surface area contributed by atoms with Crippen LogP contribution in [0.3, 0.4) is 0 Å². The predicted octanol–water partition coefficient (Wildman–Crippen LogP) is 2.15. The second-order valence-electron chi connectivity index (χ2n) is 4.19. The van der Waals surface area contributed by atoms with Crippen molar-refractivity contribution in [3.05, 3.63) is 42.4 Å². The molecule has 2 rings (SSSR count). The Morgan fingerprint density at radius 2 is 1.80 bits per heavy atom. The van der Waals surface area contributed by atoms with Crippen LogP contribution in [-0.2, 0) is 5.60 Å². The molecule has 1 aliphatic rings. The van der Waals surface area contributed by atoms with Gasteiger partial charge in [0.05, 0.1) is 5.60 Å². The zero-order valence-electron chi connectivity index (χ0n) is 9.19. The van der Waals surface area contributed by atoms with Crippen molar-refractivity contribution >= 4 is 0 Å². The first kappa shape index (κ1) is 10.7. The summed E-state index contributed by atoms with van der Waals surface area (Å²) in [5.41, 5.74) is 0.446.